The van der Waals surface area contributed by atoms with E-state index in [1.54, 1.807) is 12.1 Å². The fourth-order valence-electron chi connectivity index (χ4n) is 3.86. The van der Waals surface area contributed by atoms with E-state index in [1.807, 2.05) is 19.1 Å². The van der Waals surface area contributed by atoms with Crippen LogP contribution in [0.4, 0.5) is 0 Å². The molecule has 0 bridgehead atoms. The van der Waals surface area contributed by atoms with Gasteiger partial charge in [-0.3, -0.25) is 4.18 Å². The van der Waals surface area contributed by atoms with Crippen LogP contribution in [0.25, 0.3) is 0 Å². The number of hydrogen-bond donors (Lipinski definition) is 0. The molecule has 21 heavy (non-hydrogen) atoms. The largest absolute Gasteiger partial charge is 0.297 e. The molecule has 0 radical (unpaired) electrons. The maximum absolute atomic E-state index is 12.3. The topological polar surface area (TPSA) is 43.4 Å². The number of hydrogen-bond acceptors (Lipinski definition) is 3. The van der Waals surface area contributed by atoms with Gasteiger partial charge in [-0.2, -0.15) is 8.42 Å². The van der Waals surface area contributed by atoms with Gasteiger partial charge in [0, 0.05) is 0 Å². The number of fused-ring (bicyclic) bond motifs is 1. The third kappa shape index (κ3) is 3.49. The summed E-state index contributed by atoms with van der Waals surface area (Å²) in [6.07, 6.45) is 7.99. The lowest BCUT2D eigenvalue weighted by atomic mass is 9.70. The first-order valence-electron chi connectivity index (χ1n) is 8.04. The van der Waals surface area contributed by atoms with Crippen LogP contribution in [0, 0.1) is 18.8 Å². The van der Waals surface area contributed by atoms with Gasteiger partial charge in [0.15, 0.2) is 0 Å². The molecule has 4 heteroatoms. The average molecular weight is 308 g/mol. The molecule has 0 saturated heterocycles. The highest BCUT2D eigenvalue weighted by Crippen LogP contribution is 2.41. The molecule has 0 aromatic heterocycles. The molecule has 0 spiro atoms. The Hall–Kier alpha value is -0.870. The van der Waals surface area contributed by atoms with Gasteiger partial charge in [0.1, 0.15) is 0 Å². The lowest BCUT2D eigenvalue weighted by Gasteiger charge is -2.38. The summed E-state index contributed by atoms with van der Waals surface area (Å²) in [5, 5.41) is 0. The predicted molar refractivity (Wildman–Crippen MR) is 82.5 cm³/mol. The van der Waals surface area contributed by atoms with Crippen molar-refractivity contribution in [2.75, 3.05) is 0 Å². The third-order valence-corrected chi connectivity index (χ3v) is 6.44. The third-order valence-electron chi connectivity index (χ3n) is 5.06. The molecule has 2 fully saturated rings. The van der Waals surface area contributed by atoms with Gasteiger partial charge < -0.3 is 0 Å². The Balaban J connectivity index is 1.67. The van der Waals surface area contributed by atoms with E-state index in [2.05, 4.69) is 0 Å². The second-order valence-corrected chi connectivity index (χ2v) is 8.18. The Kier molecular flexibility index (Phi) is 4.36. The highest BCUT2D eigenvalue weighted by Gasteiger charge is 2.34. The van der Waals surface area contributed by atoms with Crippen molar-refractivity contribution in [1.29, 1.82) is 0 Å². The highest BCUT2D eigenvalue weighted by molar-refractivity contribution is 7.86. The molecule has 2 saturated carbocycles. The van der Waals surface area contributed by atoms with Crippen LogP contribution in [-0.4, -0.2) is 14.5 Å². The summed E-state index contributed by atoms with van der Waals surface area (Å²) in [6, 6.07) is 6.90. The van der Waals surface area contributed by atoms with Crippen LogP contribution in [0.5, 0.6) is 0 Å². The van der Waals surface area contributed by atoms with Crippen LogP contribution < -0.4 is 0 Å². The van der Waals surface area contributed by atoms with Crippen molar-refractivity contribution >= 4 is 10.1 Å². The summed E-state index contributed by atoms with van der Waals surface area (Å²) >= 11 is 0. The molecule has 3 rings (SSSR count). The number of benzene rings is 1. The Morgan fingerprint density at radius 3 is 2.33 bits per heavy atom. The summed E-state index contributed by atoms with van der Waals surface area (Å²) in [4.78, 5) is 0.277. The zero-order chi connectivity index (χ0) is 14.9. The first-order chi connectivity index (χ1) is 10.0. The van der Waals surface area contributed by atoms with Gasteiger partial charge in [-0.1, -0.05) is 43.4 Å². The summed E-state index contributed by atoms with van der Waals surface area (Å²) in [5.74, 6) is 1.48. The van der Waals surface area contributed by atoms with Crippen LogP contribution >= 0.6 is 0 Å². The summed E-state index contributed by atoms with van der Waals surface area (Å²) in [7, 11) is -3.61. The molecule has 1 aromatic carbocycles. The van der Waals surface area contributed by atoms with Crippen molar-refractivity contribution < 1.29 is 12.6 Å². The van der Waals surface area contributed by atoms with E-state index in [-0.39, 0.29) is 11.0 Å². The van der Waals surface area contributed by atoms with Crippen LogP contribution in [0.15, 0.2) is 29.2 Å². The van der Waals surface area contributed by atoms with E-state index in [9.17, 15) is 8.42 Å². The average Bonchev–Trinajstić information content (AvgIpc) is 2.47. The van der Waals surface area contributed by atoms with Crippen molar-refractivity contribution in [3.8, 4) is 0 Å². The van der Waals surface area contributed by atoms with E-state index < -0.39 is 10.1 Å². The first-order valence-corrected chi connectivity index (χ1v) is 9.45. The Bertz CT molecular complexity index is 577. The second kappa shape index (κ2) is 6.09. The minimum atomic E-state index is -3.61. The first kappa shape index (κ1) is 15.0. The highest BCUT2D eigenvalue weighted by atomic mass is 32.2. The molecule has 0 aliphatic heterocycles. The van der Waals surface area contributed by atoms with Crippen molar-refractivity contribution in [2.24, 2.45) is 11.8 Å². The quantitative estimate of drug-likeness (QED) is 0.791. The monoisotopic (exact) mass is 308 g/mol. The molecule has 0 N–H and O–H groups in total. The van der Waals surface area contributed by atoms with Gasteiger partial charge >= 0.3 is 0 Å². The van der Waals surface area contributed by atoms with Gasteiger partial charge in [-0.15, -0.1) is 0 Å². The van der Waals surface area contributed by atoms with E-state index >= 15 is 0 Å². The molecule has 0 heterocycles. The van der Waals surface area contributed by atoms with Crippen LogP contribution in [0.2, 0.25) is 0 Å². The van der Waals surface area contributed by atoms with Crippen LogP contribution in [-0.2, 0) is 14.3 Å². The van der Waals surface area contributed by atoms with Gasteiger partial charge in [0.05, 0.1) is 11.0 Å². The van der Waals surface area contributed by atoms with Gasteiger partial charge in [-0.25, -0.2) is 0 Å². The van der Waals surface area contributed by atoms with Gasteiger partial charge in [-0.05, 0) is 50.2 Å². The normalized spacial score (nSPS) is 29.9. The molecular weight excluding hydrogens is 284 g/mol. The molecule has 3 atom stereocenters. The van der Waals surface area contributed by atoms with Crippen molar-refractivity contribution in [3.63, 3.8) is 0 Å². The summed E-state index contributed by atoms with van der Waals surface area (Å²) < 4.78 is 30.2. The number of aryl methyl sites for hydroxylation is 1. The maximum atomic E-state index is 12.3. The standard InChI is InChI=1S/C17H24O3S/c1-13-6-10-17(11-7-13)21(18,19)20-16-9-8-14-4-2-3-5-15(14)12-16/h6-7,10-11,14-16H,2-5,8-9,12H2,1H3/t14-,15?,16-/m1/s1. The van der Waals surface area contributed by atoms with E-state index in [4.69, 9.17) is 4.18 Å². The minimum absolute atomic E-state index is 0.129. The molecule has 1 aromatic rings. The van der Waals surface area contributed by atoms with Crippen molar-refractivity contribution in [2.45, 2.75) is 62.9 Å². The predicted octanol–water partition coefficient (Wildman–Crippen LogP) is 4.06. The maximum Gasteiger partial charge on any atom is 0.297 e. The Morgan fingerprint density at radius 2 is 1.62 bits per heavy atom. The SMILES string of the molecule is Cc1ccc(S(=O)(=O)O[C@@H]2CC[C@H]3CCCCC3C2)cc1. The molecule has 1 unspecified atom stereocenters. The van der Waals surface area contributed by atoms with Gasteiger partial charge in [0.25, 0.3) is 10.1 Å². The van der Waals surface area contributed by atoms with Crippen molar-refractivity contribution in [3.05, 3.63) is 29.8 Å². The summed E-state index contributed by atoms with van der Waals surface area (Å²) in [5.41, 5.74) is 1.05. The molecule has 116 valence electrons. The van der Waals surface area contributed by atoms with Crippen molar-refractivity contribution in [1.82, 2.24) is 0 Å². The molecule has 2 aliphatic rings. The summed E-state index contributed by atoms with van der Waals surface area (Å²) in [6.45, 7) is 1.95. The Labute approximate surface area is 127 Å². The molecular formula is C17H24O3S. The molecule has 3 nitrogen and oxygen atoms in total. The molecule has 0 amide bonds. The fourth-order valence-corrected chi connectivity index (χ4v) is 4.97. The molecule has 2 aliphatic carbocycles. The van der Waals surface area contributed by atoms with E-state index in [0.717, 1.165) is 30.7 Å². The van der Waals surface area contributed by atoms with Crippen LogP contribution in [0.3, 0.4) is 0 Å². The van der Waals surface area contributed by atoms with E-state index in [0.29, 0.717) is 5.92 Å². The lowest BCUT2D eigenvalue weighted by Crippen LogP contribution is -2.33. The van der Waals surface area contributed by atoms with Crippen LogP contribution in [0.1, 0.15) is 50.5 Å². The lowest BCUT2D eigenvalue weighted by molar-refractivity contribution is 0.0688. The second-order valence-electron chi connectivity index (χ2n) is 6.60. The zero-order valence-corrected chi connectivity index (χ0v) is 13.4. The van der Waals surface area contributed by atoms with Gasteiger partial charge in [0.2, 0.25) is 0 Å². The Morgan fingerprint density at radius 1 is 0.952 bits per heavy atom. The minimum Gasteiger partial charge on any atom is -0.263 e. The smallest absolute Gasteiger partial charge is 0.263 e. The number of rotatable bonds is 3. The van der Waals surface area contributed by atoms with E-state index in [1.165, 1.54) is 25.7 Å². The fraction of sp³-hybridized carbons (Fsp3) is 0.647. The zero-order valence-electron chi connectivity index (χ0n) is 12.6.